The molecular weight excluding hydrogens is 280 g/mol. The molecule has 0 aliphatic heterocycles. The largest absolute Gasteiger partial charge is 0.461 e. The predicted octanol–water partition coefficient (Wildman–Crippen LogP) is 2.32. The van der Waals surface area contributed by atoms with Gasteiger partial charge < -0.3 is 4.74 Å². The van der Waals surface area contributed by atoms with Crippen molar-refractivity contribution in [2.75, 3.05) is 12.4 Å². The molecule has 0 saturated carbocycles. The van der Waals surface area contributed by atoms with Crippen molar-refractivity contribution in [3.63, 3.8) is 0 Å². The van der Waals surface area contributed by atoms with Gasteiger partial charge in [0.2, 0.25) is 0 Å². The van der Waals surface area contributed by atoms with E-state index in [9.17, 15) is 13.2 Å². The Bertz CT molecular complexity index is 546. The Morgan fingerprint density at radius 3 is 2.25 bits per heavy atom. The molecule has 0 spiro atoms. The first kappa shape index (κ1) is 18.1. The summed E-state index contributed by atoms with van der Waals surface area (Å²) in [6, 6.07) is 10.0. The summed E-state index contributed by atoms with van der Waals surface area (Å²) in [4.78, 5) is 10.6. The minimum Gasteiger partial charge on any atom is -0.461 e. The van der Waals surface area contributed by atoms with Crippen LogP contribution in [0.1, 0.15) is 12.5 Å². The Morgan fingerprint density at radius 1 is 1.35 bits per heavy atom. The highest BCUT2D eigenvalue weighted by Crippen LogP contribution is 1.97. The van der Waals surface area contributed by atoms with Gasteiger partial charge in [0, 0.05) is 5.57 Å². The Morgan fingerprint density at radius 2 is 1.90 bits per heavy atom. The van der Waals surface area contributed by atoms with Crippen molar-refractivity contribution in [1.82, 2.24) is 0 Å². The summed E-state index contributed by atoms with van der Waals surface area (Å²) in [5.74, 6) is -1.26. The van der Waals surface area contributed by atoms with Gasteiger partial charge in [0.1, 0.15) is 12.4 Å². The van der Waals surface area contributed by atoms with Crippen molar-refractivity contribution in [2.24, 2.45) is 0 Å². The fraction of sp³-hybridized carbons (Fsp3) is 0.214. The third-order valence-corrected chi connectivity index (χ3v) is 2.64. The monoisotopic (exact) mass is 298 g/mol. The Hall–Kier alpha value is -1.92. The van der Waals surface area contributed by atoms with E-state index >= 15 is 0 Å². The summed E-state index contributed by atoms with van der Waals surface area (Å²) in [7, 11) is -4.05. The molecule has 6 heteroatoms. The molecule has 1 aromatic rings. The van der Waals surface area contributed by atoms with Gasteiger partial charge in [-0.05, 0) is 12.5 Å². The Balaban J connectivity index is 0.000000388. The number of benzene rings is 1. The van der Waals surface area contributed by atoms with Gasteiger partial charge in [0.05, 0.1) is 0 Å². The molecule has 20 heavy (non-hydrogen) atoms. The van der Waals surface area contributed by atoms with E-state index in [2.05, 4.69) is 17.9 Å². The van der Waals surface area contributed by atoms with E-state index in [-0.39, 0.29) is 12.2 Å². The van der Waals surface area contributed by atoms with Gasteiger partial charge in [-0.3, -0.25) is 4.55 Å². The summed E-state index contributed by atoms with van der Waals surface area (Å²) in [6.07, 6.45) is 1.83. The summed E-state index contributed by atoms with van der Waals surface area (Å²) in [5, 5.41) is 0. The number of hydrogen-bond donors (Lipinski definition) is 1. The van der Waals surface area contributed by atoms with Crippen LogP contribution in [0.2, 0.25) is 0 Å². The zero-order valence-corrected chi connectivity index (χ0v) is 12.1. The SMILES string of the molecule is C=C(C)C(=O)OCCS(=O)(=O)O.C=Cc1ccccc1. The minimum absolute atomic E-state index is 0.185. The number of esters is 1. The van der Waals surface area contributed by atoms with Gasteiger partial charge in [0.15, 0.2) is 0 Å². The van der Waals surface area contributed by atoms with Gasteiger partial charge in [0.25, 0.3) is 10.1 Å². The highest BCUT2D eigenvalue weighted by atomic mass is 32.2. The highest BCUT2D eigenvalue weighted by molar-refractivity contribution is 7.85. The van der Waals surface area contributed by atoms with E-state index < -0.39 is 21.8 Å². The lowest BCUT2D eigenvalue weighted by Crippen LogP contribution is -2.14. The number of rotatable bonds is 5. The van der Waals surface area contributed by atoms with Crippen LogP contribution in [0.4, 0.5) is 0 Å². The van der Waals surface area contributed by atoms with Gasteiger partial charge in [-0.15, -0.1) is 0 Å². The van der Waals surface area contributed by atoms with Crippen molar-refractivity contribution in [2.45, 2.75) is 6.92 Å². The highest BCUT2D eigenvalue weighted by Gasteiger charge is 2.07. The first-order valence-corrected chi connectivity index (χ1v) is 7.32. The molecule has 0 saturated heterocycles. The van der Waals surface area contributed by atoms with Gasteiger partial charge >= 0.3 is 5.97 Å². The molecule has 5 nitrogen and oxygen atoms in total. The van der Waals surface area contributed by atoms with E-state index in [1.165, 1.54) is 12.5 Å². The quantitative estimate of drug-likeness (QED) is 0.512. The van der Waals surface area contributed by atoms with Crippen molar-refractivity contribution < 1.29 is 22.5 Å². The molecule has 0 heterocycles. The maximum Gasteiger partial charge on any atom is 0.333 e. The van der Waals surface area contributed by atoms with E-state index in [0.29, 0.717) is 0 Å². The van der Waals surface area contributed by atoms with Crippen LogP contribution in [0.3, 0.4) is 0 Å². The standard InChI is InChI=1S/C8H8.C6H10O5S/c1-2-8-6-4-3-5-7-8;1-5(2)6(7)11-3-4-12(8,9)10/h2-7H,1H2;1,3-4H2,2H3,(H,8,9,10). The molecule has 1 N–H and O–H groups in total. The molecular formula is C14H18O5S. The Labute approximate surface area is 119 Å². The average molecular weight is 298 g/mol. The smallest absolute Gasteiger partial charge is 0.333 e. The summed E-state index contributed by atoms with van der Waals surface area (Å²) in [6.45, 7) is 8.00. The molecule has 0 bridgehead atoms. The predicted molar refractivity (Wildman–Crippen MR) is 78.7 cm³/mol. The van der Waals surface area contributed by atoms with Crippen LogP contribution >= 0.6 is 0 Å². The number of carbonyl (C=O) groups excluding carboxylic acids is 1. The lowest BCUT2D eigenvalue weighted by molar-refractivity contribution is -0.138. The van der Waals surface area contributed by atoms with Gasteiger partial charge in [-0.2, -0.15) is 8.42 Å². The molecule has 0 fully saturated rings. The fourth-order valence-corrected chi connectivity index (χ4v) is 1.25. The molecule has 0 unspecified atom stereocenters. The summed E-state index contributed by atoms with van der Waals surface area (Å²) in [5.41, 5.74) is 1.36. The van der Waals surface area contributed by atoms with Crippen molar-refractivity contribution in [3.05, 3.63) is 54.6 Å². The van der Waals surface area contributed by atoms with E-state index in [4.69, 9.17) is 4.55 Å². The second kappa shape index (κ2) is 9.06. The zero-order valence-electron chi connectivity index (χ0n) is 11.3. The normalized spacial score (nSPS) is 9.90. The van der Waals surface area contributed by atoms with Gasteiger partial charge in [-0.1, -0.05) is 49.6 Å². The molecule has 0 aliphatic rings. The molecule has 110 valence electrons. The van der Waals surface area contributed by atoms with Crippen molar-refractivity contribution in [1.29, 1.82) is 0 Å². The van der Waals surface area contributed by atoms with Crippen molar-refractivity contribution >= 4 is 22.2 Å². The van der Waals surface area contributed by atoms with Crippen molar-refractivity contribution in [3.8, 4) is 0 Å². The second-order valence-electron chi connectivity index (χ2n) is 3.82. The van der Waals surface area contributed by atoms with Crippen LogP contribution < -0.4 is 0 Å². The number of ether oxygens (including phenoxy) is 1. The molecule has 0 aliphatic carbocycles. The van der Waals surface area contributed by atoms with Crippen LogP contribution in [0.15, 0.2) is 49.1 Å². The zero-order chi connectivity index (χ0) is 15.6. The van der Waals surface area contributed by atoms with Crippen LogP contribution in [0.5, 0.6) is 0 Å². The minimum atomic E-state index is -4.05. The third-order valence-electron chi connectivity index (χ3n) is 1.96. The first-order chi connectivity index (χ1) is 9.26. The van der Waals surface area contributed by atoms with Crippen LogP contribution in [-0.2, 0) is 19.6 Å². The lowest BCUT2D eigenvalue weighted by atomic mass is 10.2. The molecule has 0 atom stereocenters. The van der Waals surface area contributed by atoms with Crippen LogP contribution in [0, 0.1) is 0 Å². The van der Waals surface area contributed by atoms with E-state index in [0.717, 1.165) is 0 Å². The number of hydrogen-bond acceptors (Lipinski definition) is 4. The Kier molecular flexibility index (Phi) is 8.19. The lowest BCUT2D eigenvalue weighted by Gasteiger charge is -2.01. The molecule has 1 rings (SSSR count). The summed E-state index contributed by atoms with van der Waals surface area (Å²) >= 11 is 0. The second-order valence-corrected chi connectivity index (χ2v) is 5.39. The third kappa shape index (κ3) is 10.0. The van der Waals surface area contributed by atoms with Crippen LogP contribution in [0.25, 0.3) is 6.08 Å². The number of carbonyl (C=O) groups is 1. The topological polar surface area (TPSA) is 80.7 Å². The molecule has 0 amide bonds. The van der Waals surface area contributed by atoms with E-state index in [1.807, 2.05) is 36.4 Å². The summed E-state index contributed by atoms with van der Waals surface area (Å²) < 4.78 is 32.9. The average Bonchev–Trinajstić information content (AvgIpc) is 2.38. The molecule has 0 radical (unpaired) electrons. The van der Waals surface area contributed by atoms with Gasteiger partial charge in [-0.25, -0.2) is 4.79 Å². The maximum absolute atomic E-state index is 10.6. The molecule has 1 aromatic carbocycles. The molecule has 0 aromatic heterocycles. The maximum atomic E-state index is 10.6. The van der Waals surface area contributed by atoms with Crippen LogP contribution in [-0.4, -0.2) is 31.3 Å². The van der Waals surface area contributed by atoms with E-state index in [1.54, 1.807) is 0 Å². The fourth-order valence-electron chi connectivity index (χ4n) is 0.952. The first-order valence-electron chi connectivity index (χ1n) is 5.71.